The molecule has 0 heterocycles. The summed E-state index contributed by atoms with van der Waals surface area (Å²) >= 11 is 0. The zero-order chi connectivity index (χ0) is 16.5. The molecular weight excluding hydrogens is 357 g/mol. The summed E-state index contributed by atoms with van der Waals surface area (Å²) in [5, 5.41) is 38.1. The van der Waals surface area contributed by atoms with Gasteiger partial charge in [-0.3, -0.25) is 0 Å². The van der Waals surface area contributed by atoms with Crippen LogP contribution in [0.5, 0.6) is 0 Å². The Morgan fingerprint density at radius 1 is 0.429 bits per heavy atom. The van der Waals surface area contributed by atoms with E-state index in [1.54, 1.807) is 0 Å². The Labute approximate surface area is 145 Å². The Hall–Kier alpha value is 0.463. The van der Waals surface area contributed by atoms with Crippen molar-refractivity contribution in [3.63, 3.8) is 0 Å². The molecule has 0 spiro atoms. The summed E-state index contributed by atoms with van der Waals surface area (Å²) in [6.07, 6.45) is 7.46. The quantitative estimate of drug-likeness (QED) is 0.564. The van der Waals surface area contributed by atoms with Crippen LogP contribution >= 0.6 is 0 Å². The van der Waals surface area contributed by atoms with E-state index in [0.29, 0.717) is 0 Å². The van der Waals surface area contributed by atoms with E-state index in [9.17, 15) is 20.4 Å². The molecule has 0 amide bonds. The molecule has 0 atom stereocenters. The first-order valence-electron chi connectivity index (χ1n) is 7.98. The molecule has 0 aromatic carbocycles. The fourth-order valence-corrected chi connectivity index (χ4v) is 0.577. The van der Waals surface area contributed by atoms with Crippen molar-refractivity contribution >= 4 is 0 Å². The van der Waals surface area contributed by atoms with E-state index in [4.69, 9.17) is 0 Å². The third-order valence-electron chi connectivity index (χ3n) is 1.99. The average molecular weight is 394 g/mol. The Morgan fingerprint density at radius 3 is 0.571 bits per heavy atom. The summed E-state index contributed by atoms with van der Waals surface area (Å²) < 4.78 is 0. The molecule has 0 saturated heterocycles. The van der Waals surface area contributed by atoms with Gasteiger partial charge >= 0.3 is 19.5 Å². The van der Waals surface area contributed by atoms with E-state index in [1.807, 2.05) is 27.7 Å². The van der Waals surface area contributed by atoms with Gasteiger partial charge in [-0.15, -0.1) is 26.4 Å². The van der Waals surface area contributed by atoms with Gasteiger partial charge in [0.2, 0.25) is 0 Å². The Kier molecular flexibility index (Phi) is 78.8. The second-order valence-corrected chi connectivity index (χ2v) is 4.23. The van der Waals surface area contributed by atoms with Crippen LogP contribution in [0.4, 0.5) is 0 Å². The van der Waals surface area contributed by atoms with Crippen molar-refractivity contribution in [3.05, 3.63) is 0 Å². The molecule has 21 heavy (non-hydrogen) atoms. The van der Waals surface area contributed by atoms with Gasteiger partial charge in [0.15, 0.2) is 0 Å². The number of hydrogen-bond acceptors (Lipinski definition) is 4. The second-order valence-electron chi connectivity index (χ2n) is 4.23. The van der Waals surface area contributed by atoms with E-state index in [-0.39, 0.29) is 45.9 Å². The summed E-state index contributed by atoms with van der Waals surface area (Å²) in [5.74, 6) is 0. The topological polar surface area (TPSA) is 92.2 Å². The minimum absolute atomic E-state index is 0. The summed E-state index contributed by atoms with van der Waals surface area (Å²) in [7, 11) is 0. The van der Waals surface area contributed by atoms with Crippen LogP contribution in [-0.4, -0.2) is 26.4 Å². The molecule has 0 unspecified atom stereocenters. The summed E-state index contributed by atoms with van der Waals surface area (Å²) in [6, 6.07) is 0. The van der Waals surface area contributed by atoms with Crippen molar-refractivity contribution in [2.75, 3.05) is 26.4 Å². The van der Waals surface area contributed by atoms with Crippen molar-refractivity contribution in [1.29, 1.82) is 0 Å². The molecule has 0 N–H and O–H groups in total. The maximum Gasteiger partial charge on any atom is 4.00 e. The molecule has 0 aliphatic carbocycles. The van der Waals surface area contributed by atoms with Gasteiger partial charge in [0.05, 0.1) is 0 Å². The third-order valence-corrected chi connectivity index (χ3v) is 1.99. The molecule has 0 fully saturated rings. The molecular formula is C16H36O4Ru. The van der Waals surface area contributed by atoms with Crippen molar-refractivity contribution in [2.24, 2.45) is 0 Å². The van der Waals surface area contributed by atoms with Gasteiger partial charge in [-0.1, -0.05) is 79.1 Å². The molecule has 0 aliphatic heterocycles. The SMILES string of the molecule is CCCC[O-].CCCC[O-].CCCC[O-].CCCC[O-].[Ru+4]. The van der Waals surface area contributed by atoms with Crippen LogP contribution < -0.4 is 20.4 Å². The maximum absolute atomic E-state index is 9.53. The van der Waals surface area contributed by atoms with Crippen LogP contribution in [0.25, 0.3) is 0 Å². The monoisotopic (exact) mass is 394 g/mol. The molecule has 0 aromatic heterocycles. The number of unbranched alkanes of at least 4 members (excludes halogenated alkanes) is 4. The van der Waals surface area contributed by atoms with Crippen LogP contribution in [0.2, 0.25) is 0 Å². The fourth-order valence-electron chi connectivity index (χ4n) is 0.577. The predicted molar refractivity (Wildman–Crippen MR) is 79.1 cm³/mol. The number of hydrogen-bond donors (Lipinski definition) is 0. The van der Waals surface area contributed by atoms with Gasteiger partial charge in [-0.05, 0) is 0 Å². The van der Waals surface area contributed by atoms with E-state index >= 15 is 0 Å². The van der Waals surface area contributed by atoms with Crippen LogP contribution in [0.1, 0.15) is 79.1 Å². The van der Waals surface area contributed by atoms with Crippen molar-refractivity contribution in [2.45, 2.75) is 79.1 Å². The average Bonchev–Trinajstić information content (AvgIpc) is 2.44. The zero-order valence-electron chi connectivity index (χ0n) is 14.5. The van der Waals surface area contributed by atoms with Gasteiger partial charge < -0.3 is 20.4 Å². The molecule has 0 rings (SSSR count). The van der Waals surface area contributed by atoms with Gasteiger partial charge in [0, 0.05) is 0 Å². The molecule has 0 radical (unpaired) electrons. The Balaban J connectivity index is -0.0000000533. The summed E-state index contributed by atoms with van der Waals surface area (Å²) in [6.45, 7) is 8.42. The Morgan fingerprint density at radius 2 is 0.571 bits per heavy atom. The second kappa shape index (κ2) is 49.9. The van der Waals surface area contributed by atoms with E-state index < -0.39 is 0 Å². The van der Waals surface area contributed by atoms with Gasteiger partial charge in [0.25, 0.3) is 0 Å². The third kappa shape index (κ3) is 97.4. The van der Waals surface area contributed by atoms with Gasteiger partial charge in [-0.2, -0.15) is 0 Å². The minimum atomic E-state index is 0. The minimum Gasteiger partial charge on any atom is -0.854 e. The molecule has 0 saturated carbocycles. The van der Waals surface area contributed by atoms with E-state index in [2.05, 4.69) is 0 Å². The van der Waals surface area contributed by atoms with Crippen LogP contribution in [0.3, 0.4) is 0 Å². The largest absolute Gasteiger partial charge is 4.00 e. The molecule has 132 valence electrons. The van der Waals surface area contributed by atoms with Gasteiger partial charge in [0.1, 0.15) is 0 Å². The maximum atomic E-state index is 9.53. The first-order chi connectivity index (χ1) is 9.66. The molecule has 4 nitrogen and oxygen atoms in total. The smallest absolute Gasteiger partial charge is 0.854 e. The molecule has 0 aromatic rings. The van der Waals surface area contributed by atoms with Gasteiger partial charge in [-0.25, -0.2) is 0 Å². The molecule has 0 bridgehead atoms. The first-order valence-corrected chi connectivity index (χ1v) is 7.98. The molecule has 0 aliphatic rings. The standard InChI is InChI=1S/4C4H9O.Ru/c4*1-2-3-4-5;/h4*2-4H2,1H3;/q4*-1;+4. The van der Waals surface area contributed by atoms with Crippen molar-refractivity contribution < 1.29 is 39.9 Å². The first kappa shape index (κ1) is 33.2. The Bertz CT molecular complexity index is 74.3. The number of rotatable bonds is 8. The normalized spacial score (nSPS) is 8.00. The summed E-state index contributed by atoms with van der Waals surface area (Å²) in [5.41, 5.74) is 0. The van der Waals surface area contributed by atoms with Crippen LogP contribution in [-0.2, 0) is 19.5 Å². The van der Waals surface area contributed by atoms with Crippen molar-refractivity contribution in [1.82, 2.24) is 0 Å². The summed E-state index contributed by atoms with van der Waals surface area (Å²) in [4.78, 5) is 0. The van der Waals surface area contributed by atoms with Crippen LogP contribution in [0, 0.1) is 0 Å². The van der Waals surface area contributed by atoms with E-state index in [0.717, 1.165) is 51.4 Å². The fraction of sp³-hybridized carbons (Fsp3) is 1.00. The van der Waals surface area contributed by atoms with E-state index in [1.165, 1.54) is 0 Å². The zero-order valence-corrected chi connectivity index (χ0v) is 16.2. The van der Waals surface area contributed by atoms with Crippen LogP contribution in [0.15, 0.2) is 0 Å². The molecule has 5 heteroatoms. The van der Waals surface area contributed by atoms with Crippen molar-refractivity contribution in [3.8, 4) is 0 Å². The predicted octanol–water partition coefficient (Wildman–Crippen LogP) is 0.585.